The van der Waals surface area contributed by atoms with Crippen molar-refractivity contribution in [3.05, 3.63) is 109 Å². The fourth-order valence-electron chi connectivity index (χ4n) is 5.57. The van der Waals surface area contributed by atoms with Crippen molar-refractivity contribution in [2.45, 2.75) is 0 Å². The molecule has 0 amide bonds. The molecule has 0 radical (unpaired) electrons. The molecule has 0 fully saturated rings. The highest BCUT2D eigenvalue weighted by Crippen LogP contribution is 2.37. The first-order valence-electron chi connectivity index (χ1n) is 12.0. The lowest BCUT2D eigenvalue weighted by Crippen LogP contribution is -1.97. The zero-order valence-corrected chi connectivity index (χ0v) is 19.2. The van der Waals surface area contributed by atoms with E-state index in [0.717, 1.165) is 38.3 Å². The lowest BCUT2D eigenvalue weighted by atomic mass is 9.93. The van der Waals surface area contributed by atoms with Crippen LogP contribution in [0.1, 0.15) is 0 Å². The Hall–Kier alpha value is -4.96. The lowest BCUT2D eigenvalue weighted by Gasteiger charge is -2.12. The number of hydrogen-bond donors (Lipinski definition) is 0. The molecule has 166 valence electrons. The highest BCUT2D eigenvalue weighted by molar-refractivity contribution is 6.26. The summed E-state index contributed by atoms with van der Waals surface area (Å²) in [7, 11) is 0. The molecule has 2 aromatic heterocycles. The summed E-state index contributed by atoms with van der Waals surface area (Å²) in [6, 6.07) is 35.9. The van der Waals surface area contributed by atoms with Gasteiger partial charge < -0.3 is 0 Å². The van der Waals surface area contributed by atoms with Crippen LogP contribution in [0, 0.1) is 0 Å². The monoisotopic (exact) mass is 458 g/mol. The number of benzene rings is 6. The van der Waals surface area contributed by atoms with Gasteiger partial charge >= 0.3 is 0 Å². The summed E-state index contributed by atoms with van der Waals surface area (Å²) in [5, 5.41) is 19.8. The van der Waals surface area contributed by atoms with Gasteiger partial charge in [-0.2, -0.15) is 0 Å². The normalized spacial score (nSPS) is 11.9. The molecule has 0 atom stereocenters. The molecule has 4 heteroatoms. The summed E-state index contributed by atoms with van der Waals surface area (Å²) in [6.45, 7) is 0. The zero-order chi connectivity index (χ0) is 23.6. The van der Waals surface area contributed by atoms with Gasteiger partial charge in [0.25, 0.3) is 0 Å². The van der Waals surface area contributed by atoms with E-state index in [1.165, 1.54) is 32.3 Å². The van der Waals surface area contributed by atoms with E-state index in [9.17, 15) is 0 Å². The van der Waals surface area contributed by atoms with Crippen molar-refractivity contribution >= 4 is 65.0 Å². The first kappa shape index (κ1) is 19.4. The predicted molar refractivity (Wildman–Crippen MR) is 148 cm³/mol. The molecule has 36 heavy (non-hydrogen) atoms. The van der Waals surface area contributed by atoms with Gasteiger partial charge in [-0.05, 0) is 50.5 Å². The highest BCUT2D eigenvalue weighted by atomic mass is 15.2. The van der Waals surface area contributed by atoms with E-state index in [1.807, 2.05) is 30.5 Å². The molecule has 0 spiro atoms. The highest BCUT2D eigenvalue weighted by Gasteiger charge is 2.15. The van der Waals surface area contributed by atoms with Crippen molar-refractivity contribution in [2.75, 3.05) is 0 Å². The van der Waals surface area contributed by atoms with Gasteiger partial charge in [-0.1, -0.05) is 84.9 Å². The number of hydrogen-bond acceptors (Lipinski definition) is 4. The minimum atomic E-state index is 0.620. The van der Waals surface area contributed by atoms with Crippen molar-refractivity contribution in [1.29, 1.82) is 0 Å². The average molecular weight is 459 g/mol. The van der Waals surface area contributed by atoms with Gasteiger partial charge in [0.05, 0.1) is 5.52 Å². The zero-order valence-electron chi connectivity index (χ0n) is 19.2. The molecule has 0 N–H and O–H groups in total. The van der Waals surface area contributed by atoms with E-state index in [1.54, 1.807) is 0 Å². The first-order chi connectivity index (χ1) is 17.9. The fraction of sp³-hybridized carbons (Fsp3) is 0. The summed E-state index contributed by atoms with van der Waals surface area (Å²) < 4.78 is 0. The molecule has 0 aliphatic heterocycles. The van der Waals surface area contributed by atoms with Crippen molar-refractivity contribution in [2.24, 2.45) is 0 Å². The largest absolute Gasteiger partial charge is 0.256 e. The molecular formula is C32H18N4. The summed E-state index contributed by atoms with van der Waals surface area (Å²) in [6.07, 6.45) is 1.82. The summed E-state index contributed by atoms with van der Waals surface area (Å²) in [5.74, 6) is 0.620. The second-order valence-corrected chi connectivity index (χ2v) is 9.13. The van der Waals surface area contributed by atoms with Crippen LogP contribution < -0.4 is 0 Å². The molecule has 4 nitrogen and oxygen atoms in total. The smallest absolute Gasteiger partial charge is 0.182 e. The number of pyridine rings is 1. The second-order valence-electron chi connectivity index (χ2n) is 9.13. The molecule has 0 aliphatic carbocycles. The fourth-order valence-corrected chi connectivity index (χ4v) is 5.57. The van der Waals surface area contributed by atoms with Gasteiger partial charge in [0.15, 0.2) is 5.82 Å². The quantitative estimate of drug-likeness (QED) is 0.235. The third kappa shape index (κ3) is 2.64. The van der Waals surface area contributed by atoms with E-state index >= 15 is 0 Å². The molecule has 2 heterocycles. The van der Waals surface area contributed by atoms with E-state index < -0.39 is 0 Å². The van der Waals surface area contributed by atoms with E-state index in [2.05, 4.69) is 94.0 Å². The van der Waals surface area contributed by atoms with Crippen LogP contribution >= 0.6 is 0 Å². The Bertz CT molecular complexity index is 1940. The van der Waals surface area contributed by atoms with E-state index in [0.29, 0.717) is 5.82 Å². The topological polar surface area (TPSA) is 51.6 Å². The Morgan fingerprint density at radius 3 is 1.64 bits per heavy atom. The predicted octanol–water partition coefficient (Wildman–Crippen LogP) is 7.85. The van der Waals surface area contributed by atoms with Gasteiger partial charge in [-0.15, -0.1) is 10.2 Å². The van der Waals surface area contributed by atoms with Gasteiger partial charge in [0.1, 0.15) is 11.0 Å². The van der Waals surface area contributed by atoms with Crippen LogP contribution in [0.4, 0.5) is 0 Å². The minimum absolute atomic E-state index is 0.620. The van der Waals surface area contributed by atoms with Crippen molar-refractivity contribution < 1.29 is 0 Å². The molecule has 0 saturated carbocycles. The van der Waals surface area contributed by atoms with Gasteiger partial charge in [0.2, 0.25) is 0 Å². The van der Waals surface area contributed by atoms with Crippen LogP contribution in [-0.2, 0) is 0 Å². The van der Waals surface area contributed by atoms with Crippen LogP contribution in [0.15, 0.2) is 109 Å². The molecule has 6 aromatic carbocycles. The van der Waals surface area contributed by atoms with Gasteiger partial charge in [0, 0.05) is 27.9 Å². The summed E-state index contributed by atoms with van der Waals surface area (Å²) in [4.78, 5) is 9.70. The minimum Gasteiger partial charge on any atom is -0.256 e. The molecular weight excluding hydrogens is 440 g/mol. The molecule has 8 aromatic rings. The maximum absolute atomic E-state index is 5.07. The second kappa shape index (κ2) is 7.27. The van der Waals surface area contributed by atoms with Gasteiger partial charge in [-0.25, -0.2) is 4.98 Å². The number of rotatable bonds is 1. The number of fused-ring (bicyclic) bond motifs is 12. The SMILES string of the molecule is c1ccc2c(c1)c1ccccc1c1cc(-c3nnc4c5cccnc5c5ccccc5c4n3)ccc21. The Balaban J connectivity index is 1.45. The van der Waals surface area contributed by atoms with Crippen molar-refractivity contribution in [3.8, 4) is 11.4 Å². The van der Waals surface area contributed by atoms with Crippen LogP contribution in [0.5, 0.6) is 0 Å². The maximum Gasteiger partial charge on any atom is 0.182 e. The third-order valence-corrected chi connectivity index (χ3v) is 7.19. The van der Waals surface area contributed by atoms with E-state index in [4.69, 9.17) is 4.98 Å². The molecule has 8 rings (SSSR count). The van der Waals surface area contributed by atoms with E-state index in [-0.39, 0.29) is 0 Å². The summed E-state index contributed by atoms with van der Waals surface area (Å²) in [5.41, 5.74) is 3.50. The Labute approximate surface area is 205 Å². The third-order valence-electron chi connectivity index (χ3n) is 7.19. The lowest BCUT2D eigenvalue weighted by molar-refractivity contribution is 1.04. The van der Waals surface area contributed by atoms with Crippen molar-refractivity contribution in [1.82, 2.24) is 20.2 Å². The molecule has 0 saturated heterocycles. The van der Waals surface area contributed by atoms with Crippen molar-refractivity contribution in [3.63, 3.8) is 0 Å². The number of aromatic nitrogens is 4. The van der Waals surface area contributed by atoms with Crippen LogP contribution in [0.2, 0.25) is 0 Å². The van der Waals surface area contributed by atoms with Crippen LogP contribution in [-0.4, -0.2) is 20.2 Å². The molecule has 0 bridgehead atoms. The van der Waals surface area contributed by atoms with Gasteiger partial charge in [-0.3, -0.25) is 4.98 Å². The molecule has 0 unspecified atom stereocenters. The van der Waals surface area contributed by atoms with Crippen LogP contribution in [0.25, 0.3) is 76.4 Å². The maximum atomic E-state index is 5.07. The molecule has 0 aliphatic rings. The Morgan fingerprint density at radius 2 is 0.944 bits per heavy atom. The summed E-state index contributed by atoms with van der Waals surface area (Å²) >= 11 is 0. The Kier molecular flexibility index (Phi) is 3.91. The Morgan fingerprint density at radius 1 is 0.389 bits per heavy atom. The van der Waals surface area contributed by atoms with Crippen LogP contribution in [0.3, 0.4) is 0 Å². The first-order valence-corrected chi connectivity index (χ1v) is 12.0. The average Bonchev–Trinajstić information content (AvgIpc) is 2.97. The standard InChI is InChI=1S/C32H18N4/c1-2-10-22-20(8-1)21-9-3-4-11-23(21)28-18-19(15-16-24(22)28)32-34-30-26-13-6-5-12-25(26)29-27(14-7-17-33-29)31(30)35-36-32/h1-18H. The number of nitrogens with zero attached hydrogens (tertiary/aromatic N) is 4.